The van der Waals surface area contributed by atoms with Crippen LogP contribution in [0.25, 0.3) is 0 Å². The molecule has 3 nitrogen and oxygen atoms in total. The second-order valence-corrected chi connectivity index (χ2v) is 5.01. The molecule has 0 fully saturated rings. The molecule has 0 bridgehead atoms. The van der Waals surface area contributed by atoms with Crippen molar-refractivity contribution in [1.82, 2.24) is 0 Å². The Morgan fingerprint density at radius 3 is 2.65 bits per heavy atom. The summed E-state index contributed by atoms with van der Waals surface area (Å²) < 4.78 is 0. The molecule has 0 unspecified atom stereocenters. The molecule has 92 valence electrons. The van der Waals surface area contributed by atoms with Crippen LogP contribution in [0.4, 0.5) is 5.69 Å². The first kappa shape index (κ1) is 12.1. The fourth-order valence-electron chi connectivity index (χ4n) is 2.43. The van der Waals surface area contributed by atoms with Crippen molar-refractivity contribution in [2.45, 2.75) is 32.6 Å². The summed E-state index contributed by atoms with van der Waals surface area (Å²) in [4.78, 5) is 14.0. The monoisotopic (exact) mass is 233 g/mol. The van der Waals surface area contributed by atoms with Gasteiger partial charge in [0.1, 0.15) is 0 Å². The van der Waals surface area contributed by atoms with Gasteiger partial charge in [-0.2, -0.15) is 0 Å². The van der Waals surface area contributed by atoms with E-state index in [0.717, 1.165) is 17.7 Å². The van der Waals surface area contributed by atoms with Gasteiger partial charge < -0.3 is 10.0 Å². The van der Waals surface area contributed by atoms with Crippen molar-refractivity contribution >= 4 is 11.6 Å². The topological polar surface area (TPSA) is 40.5 Å². The molecule has 0 spiro atoms. The largest absolute Gasteiger partial charge is 0.395 e. The first-order valence-corrected chi connectivity index (χ1v) is 6.08. The van der Waals surface area contributed by atoms with E-state index in [4.69, 9.17) is 5.11 Å². The molecule has 0 radical (unpaired) electrons. The molecule has 1 aromatic rings. The molecule has 3 heteroatoms. The summed E-state index contributed by atoms with van der Waals surface area (Å²) in [5, 5.41) is 9.07. The zero-order valence-corrected chi connectivity index (χ0v) is 10.7. The van der Waals surface area contributed by atoms with Gasteiger partial charge in [-0.1, -0.05) is 19.1 Å². The Morgan fingerprint density at radius 1 is 1.35 bits per heavy atom. The maximum atomic E-state index is 12.3. The molecule has 1 amide bonds. The molecule has 0 aromatic heterocycles. The second kappa shape index (κ2) is 4.15. The second-order valence-electron chi connectivity index (χ2n) is 5.01. The van der Waals surface area contributed by atoms with Crippen LogP contribution in [0.15, 0.2) is 18.2 Å². The fourth-order valence-corrected chi connectivity index (χ4v) is 2.43. The normalized spacial score (nSPS) is 17.4. The Balaban J connectivity index is 2.53. The Bertz CT molecular complexity index is 452. The number of aryl methyl sites for hydroxylation is 1. The van der Waals surface area contributed by atoms with Crippen molar-refractivity contribution in [3.05, 3.63) is 29.3 Å². The number of aliphatic hydroxyl groups is 1. The first-order chi connectivity index (χ1) is 8.02. The van der Waals surface area contributed by atoms with Crippen molar-refractivity contribution in [2.24, 2.45) is 0 Å². The molecule has 1 aliphatic rings. The van der Waals surface area contributed by atoms with Crippen molar-refractivity contribution < 1.29 is 9.90 Å². The highest BCUT2D eigenvalue weighted by Crippen LogP contribution is 2.41. The Hall–Kier alpha value is -1.35. The van der Waals surface area contributed by atoms with E-state index in [-0.39, 0.29) is 12.5 Å². The first-order valence-electron chi connectivity index (χ1n) is 6.08. The molecule has 2 rings (SSSR count). The number of anilines is 1. The highest BCUT2D eigenvalue weighted by Gasteiger charge is 2.43. The van der Waals surface area contributed by atoms with Gasteiger partial charge in [-0.3, -0.25) is 4.79 Å². The van der Waals surface area contributed by atoms with Crippen molar-refractivity contribution in [1.29, 1.82) is 0 Å². The number of carbonyl (C=O) groups is 1. The number of benzene rings is 1. The highest BCUT2D eigenvalue weighted by atomic mass is 16.3. The van der Waals surface area contributed by atoms with Crippen molar-refractivity contribution in [2.75, 3.05) is 18.1 Å². The van der Waals surface area contributed by atoms with E-state index in [1.165, 1.54) is 5.56 Å². The Morgan fingerprint density at radius 2 is 2.06 bits per heavy atom. The number of rotatable bonds is 3. The average Bonchev–Trinajstić information content (AvgIpc) is 2.51. The van der Waals surface area contributed by atoms with E-state index < -0.39 is 5.41 Å². The number of fused-ring (bicyclic) bond motifs is 1. The summed E-state index contributed by atoms with van der Waals surface area (Å²) in [6.45, 7) is 6.36. The van der Waals surface area contributed by atoms with Crippen LogP contribution in [0.1, 0.15) is 31.9 Å². The molecule has 0 saturated carbocycles. The minimum absolute atomic E-state index is 0.00237. The zero-order chi connectivity index (χ0) is 12.6. The third kappa shape index (κ3) is 1.75. The van der Waals surface area contributed by atoms with Crippen LogP contribution in [0.2, 0.25) is 0 Å². The van der Waals surface area contributed by atoms with Crippen molar-refractivity contribution in [3.8, 4) is 0 Å². The molecule has 0 aliphatic carbocycles. The number of hydrogen-bond acceptors (Lipinski definition) is 2. The quantitative estimate of drug-likeness (QED) is 0.865. The maximum Gasteiger partial charge on any atom is 0.237 e. The van der Waals surface area contributed by atoms with E-state index in [1.54, 1.807) is 4.90 Å². The lowest BCUT2D eigenvalue weighted by Crippen LogP contribution is -2.37. The van der Waals surface area contributed by atoms with Crippen LogP contribution in [0.3, 0.4) is 0 Å². The van der Waals surface area contributed by atoms with Crippen LogP contribution in [-0.2, 0) is 16.6 Å². The molecule has 1 aliphatic heterocycles. The van der Waals surface area contributed by atoms with Crippen LogP contribution >= 0.6 is 0 Å². The fraction of sp³-hybridized carbons (Fsp3) is 0.500. The van der Waals surface area contributed by atoms with E-state index in [9.17, 15) is 4.79 Å². The number of β-amino-alcohol motifs (C(OH)–C–C–N with tert-alkyl or cyclic N) is 1. The number of nitrogens with zero attached hydrogens (tertiary/aromatic N) is 1. The molecule has 1 heterocycles. The third-order valence-corrected chi connectivity index (χ3v) is 3.54. The van der Waals surface area contributed by atoms with Gasteiger partial charge in [-0.25, -0.2) is 0 Å². The summed E-state index contributed by atoms with van der Waals surface area (Å²) >= 11 is 0. The van der Waals surface area contributed by atoms with Gasteiger partial charge in [-0.05, 0) is 37.5 Å². The lowest BCUT2D eigenvalue weighted by Gasteiger charge is -2.19. The number of amides is 1. The smallest absolute Gasteiger partial charge is 0.237 e. The minimum Gasteiger partial charge on any atom is -0.395 e. The minimum atomic E-state index is -0.475. The number of aliphatic hydroxyl groups excluding tert-OH is 1. The SMILES string of the molecule is CCc1ccc2c(c1)N(CCO)C(=O)C2(C)C. The van der Waals surface area contributed by atoms with Gasteiger partial charge in [0.2, 0.25) is 5.91 Å². The molecule has 17 heavy (non-hydrogen) atoms. The van der Waals surface area contributed by atoms with Crippen molar-refractivity contribution in [3.63, 3.8) is 0 Å². The summed E-state index contributed by atoms with van der Waals surface area (Å²) in [6.07, 6.45) is 0.953. The summed E-state index contributed by atoms with van der Waals surface area (Å²) in [5.74, 6) is 0.0785. The Kier molecular flexibility index (Phi) is 2.96. The number of carbonyl (C=O) groups excluding carboxylic acids is 1. The van der Waals surface area contributed by atoms with Gasteiger partial charge in [0, 0.05) is 12.2 Å². The average molecular weight is 233 g/mol. The van der Waals surface area contributed by atoms with Gasteiger partial charge >= 0.3 is 0 Å². The molecule has 0 atom stereocenters. The van der Waals surface area contributed by atoms with E-state index in [0.29, 0.717) is 6.54 Å². The van der Waals surface area contributed by atoms with E-state index in [2.05, 4.69) is 19.1 Å². The van der Waals surface area contributed by atoms with Crippen LogP contribution < -0.4 is 4.90 Å². The molecular formula is C14H19NO2. The lowest BCUT2D eigenvalue weighted by atomic mass is 9.86. The van der Waals surface area contributed by atoms with Gasteiger partial charge in [0.25, 0.3) is 0 Å². The van der Waals surface area contributed by atoms with Crippen LogP contribution in [0, 0.1) is 0 Å². The summed E-state index contributed by atoms with van der Waals surface area (Å²) in [5.41, 5.74) is 2.77. The van der Waals surface area contributed by atoms with Crippen LogP contribution in [0.5, 0.6) is 0 Å². The third-order valence-electron chi connectivity index (χ3n) is 3.54. The highest BCUT2D eigenvalue weighted by molar-refractivity contribution is 6.07. The predicted octanol–water partition coefficient (Wildman–Crippen LogP) is 1.87. The molecule has 1 aromatic carbocycles. The lowest BCUT2D eigenvalue weighted by molar-refractivity contribution is -0.122. The Labute approximate surface area is 102 Å². The van der Waals surface area contributed by atoms with E-state index in [1.807, 2.05) is 19.9 Å². The number of hydrogen-bond donors (Lipinski definition) is 1. The van der Waals surface area contributed by atoms with E-state index >= 15 is 0 Å². The van der Waals surface area contributed by atoms with Crippen LogP contribution in [-0.4, -0.2) is 24.2 Å². The van der Waals surface area contributed by atoms with Gasteiger partial charge in [0.15, 0.2) is 0 Å². The van der Waals surface area contributed by atoms with Gasteiger partial charge in [0.05, 0.1) is 12.0 Å². The molecule has 1 N–H and O–H groups in total. The summed E-state index contributed by atoms with van der Waals surface area (Å²) in [6, 6.07) is 6.19. The zero-order valence-electron chi connectivity index (χ0n) is 10.7. The maximum absolute atomic E-state index is 12.3. The summed E-state index contributed by atoms with van der Waals surface area (Å²) in [7, 11) is 0. The van der Waals surface area contributed by atoms with Gasteiger partial charge in [-0.15, -0.1) is 0 Å². The molecular weight excluding hydrogens is 214 g/mol. The predicted molar refractivity (Wildman–Crippen MR) is 68.3 cm³/mol. The molecule has 0 saturated heterocycles. The standard InChI is InChI=1S/C14H19NO2/c1-4-10-5-6-11-12(9-10)15(7-8-16)13(17)14(11,2)3/h5-6,9,16H,4,7-8H2,1-3H3.